The number of fused-ring (bicyclic) bond motifs is 2. The highest BCUT2D eigenvalue weighted by atomic mass is 19.1. The summed E-state index contributed by atoms with van der Waals surface area (Å²) in [5.41, 5.74) is 1.40. The fourth-order valence-electron chi connectivity index (χ4n) is 4.20. The van der Waals surface area contributed by atoms with Crippen molar-refractivity contribution < 1.29 is 9.50 Å². The second-order valence-electron chi connectivity index (χ2n) is 7.38. The number of nitrogens with one attached hydrogen (secondary N) is 1. The molecule has 3 heterocycles. The number of hydrogen-bond donors (Lipinski definition) is 2. The molecule has 2 saturated heterocycles. The molecule has 0 saturated carbocycles. The second kappa shape index (κ2) is 7.12. The number of rotatable bonds is 3. The van der Waals surface area contributed by atoms with E-state index >= 15 is 0 Å². The van der Waals surface area contributed by atoms with Crippen molar-refractivity contribution >= 4 is 5.82 Å². The fraction of sp³-hybridized carbons (Fsp3) is 0.450. The van der Waals surface area contributed by atoms with Crippen molar-refractivity contribution in [2.24, 2.45) is 0 Å². The van der Waals surface area contributed by atoms with Crippen LogP contribution in [0, 0.1) is 11.3 Å². The molecule has 0 radical (unpaired) electrons. The third-order valence-electron chi connectivity index (χ3n) is 5.71. The number of aromatic nitrogens is 2. The highest BCUT2D eigenvalue weighted by Gasteiger charge is 2.41. The number of hydrogen-bond acceptors (Lipinski definition) is 6. The summed E-state index contributed by atoms with van der Waals surface area (Å²) in [7, 11) is 1.86. The quantitative estimate of drug-likeness (QED) is 0.868. The molecule has 0 amide bonds. The van der Waals surface area contributed by atoms with E-state index in [4.69, 9.17) is 5.26 Å². The molecular weight excluding hydrogens is 345 g/mol. The monoisotopic (exact) mass is 367 g/mol. The highest BCUT2D eigenvalue weighted by Crippen LogP contribution is 2.33. The smallest absolute Gasteiger partial charge is 0.151 e. The summed E-state index contributed by atoms with van der Waals surface area (Å²) in [6.45, 7) is 0. The van der Waals surface area contributed by atoms with Crippen molar-refractivity contribution in [3.05, 3.63) is 35.9 Å². The number of benzene rings is 1. The molecule has 0 aliphatic carbocycles. The van der Waals surface area contributed by atoms with Crippen LogP contribution in [0.2, 0.25) is 0 Å². The average Bonchev–Trinajstić information content (AvgIpc) is 2.70. The Hall–Kier alpha value is -2.72. The lowest BCUT2D eigenvalue weighted by molar-refractivity contribution is 0.107. The zero-order chi connectivity index (χ0) is 19.0. The van der Waals surface area contributed by atoms with Crippen LogP contribution in [0.1, 0.15) is 31.2 Å². The first-order valence-electron chi connectivity index (χ1n) is 9.27. The molecule has 2 unspecified atom stereocenters. The molecule has 6 nitrogen and oxygen atoms in total. The van der Waals surface area contributed by atoms with Crippen LogP contribution in [0.15, 0.2) is 30.3 Å². The minimum atomic E-state index is -0.935. The molecule has 27 heavy (non-hydrogen) atoms. The van der Waals surface area contributed by atoms with Gasteiger partial charge in [0.2, 0.25) is 0 Å². The number of piperidine rings is 2. The lowest BCUT2D eigenvalue weighted by Gasteiger charge is -2.46. The average molecular weight is 367 g/mol. The van der Waals surface area contributed by atoms with E-state index in [0.717, 1.165) is 25.7 Å². The zero-order valence-electron chi connectivity index (χ0n) is 15.1. The summed E-state index contributed by atoms with van der Waals surface area (Å²) in [5.74, 6) is 0.596. The van der Waals surface area contributed by atoms with Gasteiger partial charge in [-0.3, -0.25) is 0 Å². The largest absolute Gasteiger partial charge is 0.507 e. The predicted molar refractivity (Wildman–Crippen MR) is 100 cm³/mol. The highest BCUT2D eigenvalue weighted by molar-refractivity contribution is 5.68. The zero-order valence-corrected chi connectivity index (χ0v) is 15.1. The maximum atomic E-state index is 14.9. The van der Waals surface area contributed by atoms with Gasteiger partial charge in [0.05, 0.1) is 23.4 Å². The van der Waals surface area contributed by atoms with Crippen LogP contribution in [0.4, 0.5) is 10.2 Å². The normalized spacial score (nSPS) is 27.0. The molecule has 1 aromatic carbocycles. The van der Waals surface area contributed by atoms with Gasteiger partial charge in [0.1, 0.15) is 11.9 Å². The molecule has 4 atom stereocenters. The van der Waals surface area contributed by atoms with Gasteiger partial charge < -0.3 is 15.3 Å². The Kier molecular flexibility index (Phi) is 4.66. The Balaban J connectivity index is 1.54. The van der Waals surface area contributed by atoms with Gasteiger partial charge in [0, 0.05) is 24.7 Å². The molecule has 2 aliphatic rings. The van der Waals surface area contributed by atoms with E-state index in [2.05, 4.69) is 15.5 Å². The SMILES string of the molecule is CN(c1ccc(-c2ccc(C#N)cc2O)nn1)[C@@H]1CC2CCCC(N2)[C@@H]1F. The minimum Gasteiger partial charge on any atom is -0.507 e. The van der Waals surface area contributed by atoms with Gasteiger partial charge in [0.25, 0.3) is 0 Å². The maximum absolute atomic E-state index is 14.9. The second-order valence-corrected chi connectivity index (χ2v) is 7.38. The van der Waals surface area contributed by atoms with Gasteiger partial charge in [-0.1, -0.05) is 6.42 Å². The van der Waals surface area contributed by atoms with Crippen LogP contribution in [0.3, 0.4) is 0 Å². The molecule has 4 rings (SSSR count). The fourth-order valence-corrected chi connectivity index (χ4v) is 4.20. The first-order chi connectivity index (χ1) is 13.1. The standard InChI is InChI=1S/C20H22FN5O/c1-26(17-10-13-3-2-4-16(23-13)20(17)21)19-8-7-15(24-25-19)14-6-5-12(11-22)9-18(14)27/h5-9,13,16-17,20,23,27H,2-4,10H2,1H3/t13?,16?,17-,20+/m1/s1. The van der Waals surface area contributed by atoms with Crippen molar-refractivity contribution in [3.63, 3.8) is 0 Å². The van der Waals surface area contributed by atoms with Gasteiger partial charge in [0.15, 0.2) is 5.82 Å². The van der Waals surface area contributed by atoms with Gasteiger partial charge in [-0.15, -0.1) is 10.2 Å². The summed E-state index contributed by atoms with van der Waals surface area (Å²) in [6, 6.07) is 10.3. The van der Waals surface area contributed by atoms with Crippen LogP contribution in [0.5, 0.6) is 5.75 Å². The van der Waals surface area contributed by atoms with Gasteiger partial charge >= 0.3 is 0 Å². The lowest BCUT2D eigenvalue weighted by atomic mass is 9.82. The van der Waals surface area contributed by atoms with E-state index in [9.17, 15) is 9.50 Å². The van der Waals surface area contributed by atoms with Crippen LogP contribution < -0.4 is 10.2 Å². The summed E-state index contributed by atoms with van der Waals surface area (Å²) in [5, 5.41) is 30.9. The topological polar surface area (TPSA) is 85.1 Å². The Bertz CT molecular complexity index is 866. The maximum Gasteiger partial charge on any atom is 0.151 e. The number of anilines is 1. The van der Waals surface area contributed by atoms with Crippen molar-refractivity contribution in [2.45, 2.75) is 50.0 Å². The summed E-state index contributed by atoms with van der Waals surface area (Å²) >= 11 is 0. The number of alkyl halides is 1. The number of phenolic OH excluding ortho intramolecular Hbond substituents is 1. The lowest BCUT2D eigenvalue weighted by Crippen LogP contribution is -2.61. The first kappa shape index (κ1) is 17.7. The summed E-state index contributed by atoms with van der Waals surface area (Å²) in [4.78, 5) is 1.88. The van der Waals surface area contributed by atoms with E-state index in [0.29, 0.717) is 28.7 Å². The minimum absolute atomic E-state index is 0.0144. The van der Waals surface area contributed by atoms with Crippen LogP contribution in [0.25, 0.3) is 11.3 Å². The van der Waals surface area contributed by atoms with Crippen molar-refractivity contribution in [1.82, 2.24) is 15.5 Å². The number of aromatic hydroxyl groups is 1. The number of nitrogens with zero attached hydrogens (tertiary/aromatic N) is 4. The summed E-state index contributed by atoms with van der Waals surface area (Å²) in [6.07, 6.45) is 2.88. The van der Waals surface area contributed by atoms with Crippen LogP contribution >= 0.6 is 0 Å². The number of nitriles is 1. The van der Waals surface area contributed by atoms with Crippen molar-refractivity contribution in [1.29, 1.82) is 5.26 Å². The third-order valence-corrected chi connectivity index (χ3v) is 5.71. The van der Waals surface area contributed by atoms with Crippen LogP contribution in [-0.4, -0.2) is 46.6 Å². The first-order valence-corrected chi connectivity index (χ1v) is 9.27. The van der Waals surface area contributed by atoms with E-state index in [-0.39, 0.29) is 17.8 Å². The molecule has 1 aromatic heterocycles. The molecule has 7 heteroatoms. The molecule has 2 aliphatic heterocycles. The number of phenols is 1. The Morgan fingerprint density at radius 1 is 1.26 bits per heavy atom. The molecule has 140 valence electrons. The van der Waals surface area contributed by atoms with Crippen molar-refractivity contribution in [2.75, 3.05) is 11.9 Å². The van der Waals surface area contributed by atoms with Gasteiger partial charge in [-0.05, 0) is 49.6 Å². The Labute approximate surface area is 157 Å². The molecule has 2 bridgehead atoms. The van der Waals surface area contributed by atoms with E-state index in [1.165, 1.54) is 6.07 Å². The van der Waals surface area contributed by atoms with Gasteiger partial charge in [-0.2, -0.15) is 5.26 Å². The van der Waals surface area contributed by atoms with Gasteiger partial charge in [-0.25, -0.2) is 4.39 Å². The molecule has 0 spiro atoms. The molecule has 2 fully saturated rings. The Morgan fingerprint density at radius 3 is 2.81 bits per heavy atom. The third kappa shape index (κ3) is 3.33. The van der Waals surface area contributed by atoms with E-state index in [1.54, 1.807) is 24.3 Å². The van der Waals surface area contributed by atoms with E-state index in [1.807, 2.05) is 18.0 Å². The van der Waals surface area contributed by atoms with Crippen LogP contribution in [-0.2, 0) is 0 Å². The molecular formula is C20H22FN5O. The van der Waals surface area contributed by atoms with E-state index < -0.39 is 6.17 Å². The predicted octanol–water partition coefficient (Wildman–Crippen LogP) is 2.78. The Morgan fingerprint density at radius 2 is 2.11 bits per heavy atom. The van der Waals surface area contributed by atoms with Crippen molar-refractivity contribution in [3.8, 4) is 23.1 Å². The molecule has 2 N–H and O–H groups in total. The molecule has 2 aromatic rings. The summed E-state index contributed by atoms with van der Waals surface area (Å²) < 4.78 is 14.9. The number of halogens is 1.